The summed E-state index contributed by atoms with van der Waals surface area (Å²) >= 11 is 3.58. The van der Waals surface area contributed by atoms with Crippen molar-refractivity contribution in [2.24, 2.45) is 0 Å². The molecule has 0 amide bonds. The molecule has 1 radical (unpaired) electrons. The normalized spacial score (nSPS) is 13.8. The van der Waals surface area contributed by atoms with E-state index < -0.39 is 13.7 Å². The molecule has 0 aliphatic rings. The Hall–Kier alpha value is -3.73. The third-order valence-corrected chi connectivity index (χ3v) is 9.05. The predicted octanol–water partition coefficient (Wildman–Crippen LogP) is 10.4. The maximum atomic E-state index is 7.28. The number of benzene rings is 5. The number of aryl methyl sites for hydroxylation is 2. The molecular formula is C36H24IrN2S2-2. The van der Waals surface area contributed by atoms with E-state index in [9.17, 15) is 0 Å². The number of thiazole rings is 1. The van der Waals surface area contributed by atoms with Gasteiger partial charge in [0.05, 0.1) is 4.70 Å². The van der Waals surface area contributed by atoms with Crippen molar-refractivity contribution >= 4 is 63.8 Å². The summed E-state index contributed by atoms with van der Waals surface area (Å²) in [4.78, 5) is 10.1. The fourth-order valence-corrected chi connectivity index (χ4v) is 7.36. The van der Waals surface area contributed by atoms with Gasteiger partial charge in [-0.15, -0.1) is 82.6 Å². The van der Waals surface area contributed by atoms with Crippen LogP contribution in [-0.4, -0.2) is 9.97 Å². The minimum Gasteiger partial charge on any atom is -0.304 e. The first-order chi connectivity index (χ1) is 22.1. The summed E-state index contributed by atoms with van der Waals surface area (Å²) in [5.74, 6) is 0. The van der Waals surface area contributed by atoms with E-state index in [1.807, 2.05) is 18.2 Å². The molecule has 5 aromatic carbocycles. The second-order valence-electron chi connectivity index (χ2n) is 9.25. The molecular weight excluding hydrogens is 717 g/mol. The maximum absolute atomic E-state index is 7.28. The van der Waals surface area contributed by atoms with Gasteiger partial charge in [0.1, 0.15) is 4.83 Å². The van der Waals surface area contributed by atoms with Crippen molar-refractivity contribution in [3.8, 4) is 21.8 Å². The van der Waals surface area contributed by atoms with Gasteiger partial charge in [0.15, 0.2) is 0 Å². The van der Waals surface area contributed by atoms with E-state index >= 15 is 0 Å². The summed E-state index contributed by atoms with van der Waals surface area (Å²) in [7, 11) is 0. The van der Waals surface area contributed by atoms with E-state index in [4.69, 9.17) is 13.2 Å². The number of pyridine rings is 1. The van der Waals surface area contributed by atoms with Crippen LogP contribution in [0.3, 0.4) is 0 Å². The molecule has 0 N–H and O–H groups in total. The SMILES string of the molecule is [2H]C([2H])([2H])c1c[c-]c(-c2ccc(C([2H])([2H])[2H])cn2)cc1.[Ir].[c-]1ccccc1-c1nc2sc3c4ccccc4c4ccccc4c3c2s1. The van der Waals surface area contributed by atoms with E-state index in [1.165, 1.54) is 60.7 Å². The summed E-state index contributed by atoms with van der Waals surface area (Å²) < 4.78 is 46.3. The molecule has 41 heavy (non-hydrogen) atoms. The van der Waals surface area contributed by atoms with Crippen molar-refractivity contribution < 1.29 is 28.3 Å². The van der Waals surface area contributed by atoms with Gasteiger partial charge in [0.2, 0.25) is 0 Å². The molecule has 0 aliphatic heterocycles. The van der Waals surface area contributed by atoms with Crippen LogP contribution in [0.5, 0.6) is 0 Å². The molecule has 201 valence electrons. The van der Waals surface area contributed by atoms with E-state index in [2.05, 4.69) is 71.7 Å². The standard InChI is InChI=1S/C23H12NS2.C13H12N.Ir/c1-2-8-14(9-3-1)22-24-23-21(26-22)19-17-12-6-4-10-15(17)16-11-5-7-13-18(16)20(19)25-23;1-10-3-6-12(7-4-10)13-8-5-11(2)9-14-13;/h1-8,10-13H;3-6,8-9H,1-2H3;/q2*-1;/i;1D3,2D3;. The van der Waals surface area contributed by atoms with E-state index in [1.54, 1.807) is 34.8 Å². The van der Waals surface area contributed by atoms with Crippen LogP contribution >= 0.6 is 22.7 Å². The van der Waals surface area contributed by atoms with E-state index in [0.29, 0.717) is 11.3 Å². The van der Waals surface area contributed by atoms with Gasteiger partial charge in [-0.3, -0.25) is 4.98 Å². The van der Waals surface area contributed by atoms with Crippen molar-refractivity contribution in [1.29, 1.82) is 0 Å². The van der Waals surface area contributed by atoms with Crippen LogP contribution in [-0.2, 0) is 20.1 Å². The first-order valence-electron chi connectivity index (χ1n) is 15.7. The summed E-state index contributed by atoms with van der Waals surface area (Å²) in [6.45, 7) is -4.34. The molecule has 8 rings (SSSR count). The average Bonchev–Trinajstić information content (AvgIpc) is 3.64. The first-order valence-corrected chi connectivity index (χ1v) is 14.3. The summed E-state index contributed by atoms with van der Waals surface area (Å²) in [5, 5.41) is 7.67. The summed E-state index contributed by atoms with van der Waals surface area (Å²) in [6.07, 6.45) is 1.30. The van der Waals surface area contributed by atoms with Crippen LogP contribution in [0.4, 0.5) is 0 Å². The van der Waals surface area contributed by atoms with Crippen LogP contribution < -0.4 is 0 Å². The Bertz CT molecular complexity index is 2240. The third kappa shape index (κ3) is 5.23. The van der Waals surface area contributed by atoms with Gasteiger partial charge in [-0.2, -0.15) is 11.3 Å². The third-order valence-electron chi connectivity index (χ3n) is 6.70. The number of nitrogens with zero attached hydrogens (tertiary/aromatic N) is 2. The van der Waals surface area contributed by atoms with Gasteiger partial charge in [-0.1, -0.05) is 67.5 Å². The fraction of sp³-hybridized carbons (Fsp3) is 0.0556. The van der Waals surface area contributed by atoms with Gasteiger partial charge in [0, 0.05) is 55.0 Å². The molecule has 0 saturated carbocycles. The number of aromatic nitrogens is 2. The van der Waals surface area contributed by atoms with Gasteiger partial charge in [-0.25, -0.2) is 0 Å². The zero-order valence-corrected chi connectivity index (χ0v) is 25.5. The summed E-state index contributed by atoms with van der Waals surface area (Å²) in [5.41, 5.74) is 2.62. The number of hydrogen-bond donors (Lipinski definition) is 0. The Kier molecular flexibility index (Phi) is 5.97. The summed E-state index contributed by atoms with van der Waals surface area (Å²) in [6, 6.07) is 39.2. The second kappa shape index (κ2) is 11.6. The minimum atomic E-state index is -2.18. The molecule has 0 bridgehead atoms. The van der Waals surface area contributed by atoms with E-state index in [0.717, 1.165) is 15.4 Å². The average molecular weight is 747 g/mol. The Morgan fingerprint density at radius 3 is 2.07 bits per heavy atom. The zero-order valence-electron chi connectivity index (χ0n) is 27.4. The molecule has 3 aromatic heterocycles. The van der Waals surface area contributed by atoms with Crippen LogP contribution in [0, 0.1) is 25.8 Å². The topological polar surface area (TPSA) is 25.8 Å². The quantitative estimate of drug-likeness (QED) is 0.130. The number of fused-ring (bicyclic) bond motifs is 8. The first kappa shape index (κ1) is 21.0. The van der Waals surface area contributed by atoms with E-state index in [-0.39, 0.29) is 31.2 Å². The Morgan fingerprint density at radius 2 is 1.39 bits per heavy atom. The number of rotatable bonds is 2. The van der Waals surface area contributed by atoms with Crippen LogP contribution in [0.15, 0.2) is 109 Å². The molecule has 0 fully saturated rings. The molecule has 8 aromatic rings. The van der Waals surface area contributed by atoms with Gasteiger partial charge in [-0.05, 0) is 34.3 Å². The molecule has 0 atom stereocenters. The molecule has 5 heteroatoms. The van der Waals surface area contributed by atoms with Crippen molar-refractivity contribution in [3.63, 3.8) is 0 Å². The fourth-order valence-electron chi connectivity index (χ4n) is 4.85. The van der Waals surface area contributed by atoms with Crippen molar-refractivity contribution in [3.05, 3.63) is 133 Å². The van der Waals surface area contributed by atoms with Crippen molar-refractivity contribution in [2.75, 3.05) is 0 Å². The predicted molar refractivity (Wildman–Crippen MR) is 172 cm³/mol. The van der Waals surface area contributed by atoms with Gasteiger partial charge < -0.3 is 4.98 Å². The van der Waals surface area contributed by atoms with Gasteiger partial charge >= 0.3 is 0 Å². The Labute approximate surface area is 269 Å². The second-order valence-corrected chi connectivity index (χ2v) is 11.2. The van der Waals surface area contributed by atoms with Crippen LogP contribution in [0.1, 0.15) is 19.4 Å². The molecule has 3 heterocycles. The number of thiophene rings is 1. The minimum absolute atomic E-state index is 0. The Morgan fingerprint density at radius 1 is 0.659 bits per heavy atom. The number of hydrogen-bond acceptors (Lipinski definition) is 4. The molecule has 0 aliphatic carbocycles. The molecule has 0 saturated heterocycles. The van der Waals surface area contributed by atoms with Crippen LogP contribution in [0.2, 0.25) is 0 Å². The Balaban J connectivity index is 0.000000167. The molecule has 0 unspecified atom stereocenters. The maximum Gasteiger partial charge on any atom is 0.124 e. The van der Waals surface area contributed by atoms with Crippen molar-refractivity contribution in [2.45, 2.75) is 13.7 Å². The van der Waals surface area contributed by atoms with Crippen molar-refractivity contribution in [1.82, 2.24) is 9.97 Å². The monoisotopic (exact) mass is 747 g/mol. The smallest absolute Gasteiger partial charge is 0.124 e. The zero-order chi connectivity index (χ0) is 32.1. The molecule has 0 spiro atoms. The van der Waals surface area contributed by atoms with Gasteiger partial charge in [0.25, 0.3) is 0 Å². The largest absolute Gasteiger partial charge is 0.304 e. The van der Waals surface area contributed by atoms with Crippen LogP contribution in [0.25, 0.3) is 63.0 Å². The molecule has 2 nitrogen and oxygen atoms in total.